The molecule has 1 aromatic rings. The predicted molar refractivity (Wildman–Crippen MR) is 76.1 cm³/mol. The molecule has 0 saturated heterocycles. The Bertz CT molecular complexity index is 399. The Morgan fingerprint density at radius 1 is 1.11 bits per heavy atom. The Morgan fingerprint density at radius 3 is 2.39 bits per heavy atom. The fraction of sp³-hybridized carbons (Fsp3) is 0.714. The van der Waals surface area contributed by atoms with Crippen molar-refractivity contribution in [1.82, 2.24) is 9.97 Å². The summed E-state index contributed by atoms with van der Waals surface area (Å²) in [6.45, 7) is 7.99. The van der Waals surface area contributed by atoms with Crippen LogP contribution in [0.4, 0.5) is 11.6 Å². The monoisotopic (exact) mass is 248 g/mol. The molecule has 4 nitrogen and oxygen atoms in total. The van der Waals surface area contributed by atoms with Gasteiger partial charge in [0.2, 0.25) is 0 Å². The smallest absolute Gasteiger partial charge is 0.134 e. The maximum atomic E-state index is 4.49. The van der Waals surface area contributed by atoms with Gasteiger partial charge in [-0.15, -0.1) is 0 Å². The lowest BCUT2D eigenvalue weighted by molar-refractivity contribution is 0.686. The van der Waals surface area contributed by atoms with Gasteiger partial charge in [0, 0.05) is 18.7 Å². The topological polar surface area (TPSA) is 49.8 Å². The summed E-state index contributed by atoms with van der Waals surface area (Å²) in [5.41, 5.74) is 1.12. The van der Waals surface area contributed by atoms with Crippen LogP contribution in [0.2, 0.25) is 0 Å². The first-order chi connectivity index (χ1) is 8.70. The van der Waals surface area contributed by atoms with E-state index in [1.165, 1.54) is 25.7 Å². The van der Waals surface area contributed by atoms with Gasteiger partial charge in [-0.3, -0.25) is 0 Å². The molecule has 0 bridgehead atoms. The molecule has 1 aliphatic carbocycles. The van der Waals surface area contributed by atoms with Gasteiger partial charge >= 0.3 is 0 Å². The molecule has 1 aromatic heterocycles. The molecule has 0 unspecified atom stereocenters. The lowest BCUT2D eigenvalue weighted by Gasteiger charge is -2.13. The Labute approximate surface area is 110 Å². The van der Waals surface area contributed by atoms with Crippen molar-refractivity contribution in [1.29, 1.82) is 0 Å². The molecule has 2 rings (SSSR count). The minimum atomic E-state index is 0.821. The number of aromatic nitrogens is 2. The molecule has 1 heterocycles. The highest BCUT2D eigenvalue weighted by Gasteiger charge is 2.20. The van der Waals surface area contributed by atoms with E-state index in [1.54, 1.807) is 0 Å². The summed E-state index contributed by atoms with van der Waals surface area (Å²) in [4.78, 5) is 8.91. The third-order valence-corrected chi connectivity index (χ3v) is 3.38. The fourth-order valence-corrected chi connectivity index (χ4v) is 2.14. The molecule has 1 fully saturated rings. The molecule has 0 aromatic carbocycles. The van der Waals surface area contributed by atoms with Gasteiger partial charge in [0.1, 0.15) is 17.5 Å². The van der Waals surface area contributed by atoms with Crippen molar-refractivity contribution < 1.29 is 0 Å². The summed E-state index contributed by atoms with van der Waals surface area (Å²) in [6.07, 6.45) is 5.48. The van der Waals surface area contributed by atoms with Crippen molar-refractivity contribution in [3.63, 3.8) is 0 Å². The zero-order chi connectivity index (χ0) is 13.0. The average Bonchev–Trinajstić information content (AvgIpc) is 3.14. The number of nitrogens with one attached hydrogen (secondary N) is 2. The van der Waals surface area contributed by atoms with E-state index >= 15 is 0 Å². The zero-order valence-corrected chi connectivity index (χ0v) is 11.7. The highest BCUT2D eigenvalue weighted by atomic mass is 15.1. The Balaban J connectivity index is 1.92. The molecule has 0 aliphatic heterocycles. The maximum absolute atomic E-state index is 4.49. The van der Waals surface area contributed by atoms with Gasteiger partial charge in [-0.25, -0.2) is 9.97 Å². The summed E-state index contributed by atoms with van der Waals surface area (Å²) in [7, 11) is 0. The summed E-state index contributed by atoms with van der Waals surface area (Å²) < 4.78 is 0. The molecular formula is C14H24N4. The van der Waals surface area contributed by atoms with Crippen LogP contribution in [0, 0.1) is 19.8 Å². The molecule has 0 amide bonds. The van der Waals surface area contributed by atoms with Gasteiger partial charge in [0.05, 0.1) is 0 Å². The largest absolute Gasteiger partial charge is 0.370 e. The van der Waals surface area contributed by atoms with Gasteiger partial charge in [-0.05, 0) is 39.5 Å². The summed E-state index contributed by atoms with van der Waals surface area (Å²) >= 11 is 0. The highest BCUT2D eigenvalue weighted by molar-refractivity contribution is 5.57. The average molecular weight is 248 g/mol. The van der Waals surface area contributed by atoms with Gasteiger partial charge in [-0.1, -0.05) is 12.8 Å². The van der Waals surface area contributed by atoms with Crippen molar-refractivity contribution in [2.45, 2.75) is 46.5 Å². The molecule has 1 saturated carbocycles. The summed E-state index contributed by atoms with van der Waals surface area (Å²) in [6, 6.07) is 0. The van der Waals surface area contributed by atoms with Crippen LogP contribution in [0.1, 0.15) is 44.0 Å². The normalized spacial score (nSPS) is 14.6. The molecule has 18 heavy (non-hydrogen) atoms. The Morgan fingerprint density at radius 2 is 1.78 bits per heavy atom. The molecule has 0 spiro atoms. The van der Waals surface area contributed by atoms with Crippen LogP contribution in [0.15, 0.2) is 0 Å². The van der Waals surface area contributed by atoms with E-state index in [4.69, 9.17) is 0 Å². The molecule has 0 atom stereocenters. The zero-order valence-electron chi connectivity index (χ0n) is 11.7. The van der Waals surface area contributed by atoms with Crippen LogP contribution in [0.3, 0.4) is 0 Å². The van der Waals surface area contributed by atoms with Crippen molar-refractivity contribution in [2.75, 3.05) is 23.7 Å². The molecular weight excluding hydrogens is 224 g/mol. The van der Waals surface area contributed by atoms with E-state index in [2.05, 4.69) is 34.4 Å². The van der Waals surface area contributed by atoms with Crippen LogP contribution < -0.4 is 10.6 Å². The molecule has 4 heteroatoms. The number of hydrogen-bond acceptors (Lipinski definition) is 4. The minimum absolute atomic E-state index is 0.821. The first-order valence-electron chi connectivity index (χ1n) is 7.03. The first-order valence-corrected chi connectivity index (χ1v) is 7.03. The lowest BCUT2D eigenvalue weighted by Crippen LogP contribution is -2.10. The number of anilines is 2. The second-order valence-corrected chi connectivity index (χ2v) is 5.14. The first kappa shape index (κ1) is 13.1. The quantitative estimate of drug-likeness (QED) is 0.728. The van der Waals surface area contributed by atoms with Gasteiger partial charge in [-0.2, -0.15) is 0 Å². The van der Waals surface area contributed by atoms with E-state index in [0.29, 0.717) is 0 Å². The van der Waals surface area contributed by atoms with Crippen LogP contribution in [-0.4, -0.2) is 23.1 Å². The SMILES string of the molecule is CCNc1nc(C)nc(NCCCC2CC2)c1C. The second-order valence-electron chi connectivity index (χ2n) is 5.14. The summed E-state index contributed by atoms with van der Waals surface area (Å²) in [5.74, 6) is 3.77. The standard InChI is InChI=1S/C14H24N4/c1-4-15-13-10(2)14(18-11(3)17-13)16-9-5-6-12-7-8-12/h12H,4-9H2,1-3H3,(H2,15,16,17,18). The van der Waals surface area contributed by atoms with Crippen molar-refractivity contribution in [3.05, 3.63) is 11.4 Å². The third kappa shape index (κ3) is 3.59. The van der Waals surface area contributed by atoms with E-state index in [-0.39, 0.29) is 0 Å². The van der Waals surface area contributed by atoms with Crippen LogP contribution in [0.5, 0.6) is 0 Å². The second kappa shape index (κ2) is 6.03. The predicted octanol–water partition coefficient (Wildman–Crippen LogP) is 3.13. The molecule has 1 aliphatic rings. The van der Waals surface area contributed by atoms with Crippen molar-refractivity contribution in [3.8, 4) is 0 Å². The maximum Gasteiger partial charge on any atom is 0.134 e. The Hall–Kier alpha value is -1.32. The van der Waals surface area contributed by atoms with Crippen LogP contribution in [-0.2, 0) is 0 Å². The fourth-order valence-electron chi connectivity index (χ4n) is 2.14. The number of rotatable bonds is 7. The Kier molecular flexibility index (Phi) is 4.39. The number of aryl methyl sites for hydroxylation is 1. The van der Waals surface area contributed by atoms with Crippen molar-refractivity contribution in [2.24, 2.45) is 5.92 Å². The molecule has 100 valence electrons. The molecule has 2 N–H and O–H groups in total. The van der Waals surface area contributed by atoms with E-state index in [9.17, 15) is 0 Å². The van der Waals surface area contributed by atoms with Gasteiger partial charge < -0.3 is 10.6 Å². The van der Waals surface area contributed by atoms with Gasteiger partial charge in [0.15, 0.2) is 0 Å². The number of hydrogen-bond donors (Lipinski definition) is 2. The van der Waals surface area contributed by atoms with E-state index in [0.717, 1.165) is 42.0 Å². The number of nitrogens with zero attached hydrogens (tertiary/aromatic N) is 2. The molecule has 0 radical (unpaired) electrons. The van der Waals surface area contributed by atoms with E-state index < -0.39 is 0 Å². The third-order valence-electron chi connectivity index (χ3n) is 3.38. The van der Waals surface area contributed by atoms with Crippen molar-refractivity contribution >= 4 is 11.6 Å². The highest BCUT2D eigenvalue weighted by Crippen LogP contribution is 2.33. The van der Waals surface area contributed by atoms with Crippen LogP contribution in [0.25, 0.3) is 0 Å². The van der Waals surface area contributed by atoms with Gasteiger partial charge in [0.25, 0.3) is 0 Å². The minimum Gasteiger partial charge on any atom is -0.370 e. The van der Waals surface area contributed by atoms with Crippen LogP contribution >= 0.6 is 0 Å². The lowest BCUT2D eigenvalue weighted by atomic mass is 10.2. The summed E-state index contributed by atoms with van der Waals surface area (Å²) in [5, 5.41) is 6.73. The van der Waals surface area contributed by atoms with E-state index in [1.807, 2.05) is 6.92 Å².